The molecule has 1 saturated carbocycles. The molecule has 1 aromatic carbocycles. The van der Waals surface area contributed by atoms with Crippen LogP contribution in [-0.4, -0.2) is 26.2 Å². The van der Waals surface area contributed by atoms with E-state index in [9.17, 15) is 13.5 Å². The van der Waals surface area contributed by atoms with E-state index in [2.05, 4.69) is 4.72 Å². The number of aliphatic hydroxyl groups is 1. The van der Waals surface area contributed by atoms with Crippen molar-refractivity contribution < 1.29 is 13.5 Å². The van der Waals surface area contributed by atoms with Gasteiger partial charge in [-0.3, -0.25) is 0 Å². The van der Waals surface area contributed by atoms with E-state index >= 15 is 0 Å². The Kier molecular flexibility index (Phi) is 4.83. The maximum Gasteiger partial charge on any atom is 0.240 e. The number of aliphatic hydroxyl groups excluding tert-OH is 1. The molecule has 0 spiro atoms. The third kappa shape index (κ3) is 3.40. The molecule has 5 heteroatoms. The number of hydrogen-bond donors (Lipinski definition) is 2. The van der Waals surface area contributed by atoms with Crippen LogP contribution in [0.4, 0.5) is 0 Å². The molecule has 112 valence electrons. The quantitative estimate of drug-likeness (QED) is 0.894. The molecule has 0 aromatic heterocycles. The van der Waals surface area contributed by atoms with Crippen LogP contribution in [0.15, 0.2) is 23.1 Å². The van der Waals surface area contributed by atoms with E-state index in [1.165, 1.54) is 0 Å². The first kappa shape index (κ1) is 15.5. The zero-order valence-corrected chi connectivity index (χ0v) is 12.9. The third-order valence-corrected chi connectivity index (χ3v) is 5.73. The van der Waals surface area contributed by atoms with Crippen LogP contribution in [-0.2, 0) is 10.0 Å². The summed E-state index contributed by atoms with van der Waals surface area (Å²) in [5.74, 6) is 0.0325. The van der Waals surface area contributed by atoms with Crippen molar-refractivity contribution in [3.8, 4) is 0 Å². The summed E-state index contributed by atoms with van der Waals surface area (Å²) >= 11 is 0. The first-order valence-corrected chi connectivity index (χ1v) is 8.63. The molecule has 0 heterocycles. The fourth-order valence-corrected chi connectivity index (χ4v) is 4.15. The highest BCUT2D eigenvalue weighted by Gasteiger charge is 2.29. The summed E-state index contributed by atoms with van der Waals surface area (Å²) in [6.07, 6.45) is 3.76. The topological polar surface area (TPSA) is 66.4 Å². The predicted octanol–water partition coefficient (Wildman–Crippen LogP) is 2.13. The summed E-state index contributed by atoms with van der Waals surface area (Å²) in [6, 6.07) is 5.02. The lowest BCUT2D eigenvalue weighted by atomic mass is 9.86. The summed E-state index contributed by atoms with van der Waals surface area (Å²) in [5, 5.41) is 9.37. The first-order chi connectivity index (χ1) is 9.44. The van der Waals surface area contributed by atoms with Crippen LogP contribution in [0.1, 0.15) is 36.8 Å². The standard InChI is InChI=1S/C15H23NO3S/c1-11-7-8-14(9-12(11)2)20(18,19)16-15-6-4-3-5-13(15)10-17/h7-9,13,15-17H,3-6,10H2,1-2H3/t13-,15+/m0/s1. The molecule has 0 saturated heterocycles. The molecule has 20 heavy (non-hydrogen) atoms. The average Bonchev–Trinajstić information content (AvgIpc) is 2.42. The smallest absolute Gasteiger partial charge is 0.240 e. The Morgan fingerprint density at radius 2 is 1.90 bits per heavy atom. The molecule has 1 aromatic rings. The highest BCUT2D eigenvalue weighted by Crippen LogP contribution is 2.25. The van der Waals surface area contributed by atoms with Crippen LogP contribution in [0, 0.1) is 19.8 Å². The maximum absolute atomic E-state index is 12.4. The summed E-state index contributed by atoms with van der Waals surface area (Å²) in [6.45, 7) is 3.91. The lowest BCUT2D eigenvalue weighted by Crippen LogP contribution is -2.43. The van der Waals surface area contributed by atoms with Crippen molar-refractivity contribution in [2.45, 2.75) is 50.5 Å². The van der Waals surface area contributed by atoms with Gasteiger partial charge in [0.2, 0.25) is 10.0 Å². The second kappa shape index (κ2) is 6.24. The molecule has 1 aliphatic carbocycles. The molecule has 1 aliphatic rings. The minimum Gasteiger partial charge on any atom is -0.396 e. The number of rotatable bonds is 4. The molecule has 0 bridgehead atoms. The van der Waals surface area contributed by atoms with Crippen LogP contribution in [0.3, 0.4) is 0 Å². The van der Waals surface area contributed by atoms with Crippen molar-refractivity contribution in [1.82, 2.24) is 4.72 Å². The van der Waals surface area contributed by atoms with Gasteiger partial charge in [0.05, 0.1) is 4.90 Å². The van der Waals surface area contributed by atoms with Crippen LogP contribution >= 0.6 is 0 Å². The van der Waals surface area contributed by atoms with E-state index < -0.39 is 10.0 Å². The average molecular weight is 297 g/mol. The molecule has 0 radical (unpaired) electrons. The largest absolute Gasteiger partial charge is 0.396 e. The zero-order valence-electron chi connectivity index (χ0n) is 12.1. The van der Waals surface area contributed by atoms with Gasteiger partial charge >= 0.3 is 0 Å². The van der Waals surface area contributed by atoms with Crippen LogP contribution in [0.25, 0.3) is 0 Å². The number of sulfonamides is 1. The summed E-state index contributed by atoms with van der Waals surface area (Å²) < 4.78 is 27.6. The van der Waals surface area contributed by atoms with E-state index in [4.69, 9.17) is 0 Å². The molecule has 1 fully saturated rings. The van der Waals surface area contributed by atoms with Crippen LogP contribution in [0.2, 0.25) is 0 Å². The monoisotopic (exact) mass is 297 g/mol. The minimum atomic E-state index is -3.50. The van der Waals surface area contributed by atoms with E-state index in [0.717, 1.165) is 36.8 Å². The van der Waals surface area contributed by atoms with Crippen molar-refractivity contribution in [3.05, 3.63) is 29.3 Å². The summed E-state index contributed by atoms with van der Waals surface area (Å²) in [7, 11) is -3.50. The minimum absolute atomic E-state index is 0.0325. The second-order valence-corrected chi connectivity index (χ2v) is 7.41. The van der Waals surface area contributed by atoms with Crippen LogP contribution < -0.4 is 4.72 Å². The summed E-state index contributed by atoms with van der Waals surface area (Å²) in [4.78, 5) is 0.308. The highest BCUT2D eigenvalue weighted by atomic mass is 32.2. The Morgan fingerprint density at radius 3 is 2.55 bits per heavy atom. The number of hydrogen-bond acceptors (Lipinski definition) is 3. The summed E-state index contributed by atoms with van der Waals surface area (Å²) in [5.41, 5.74) is 2.05. The second-order valence-electron chi connectivity index (χ2n) is 5.70. The molecule has 0 aliphatic heterocycles. The maximum atomic E-state index is 12.4. The lowest BCUT2D eigenvalue weighted by Gasteiger charge is -2.30. The predicted molar refractivity (Wildman–Crippen MR) is 79.1 cm³/mol. The molecule has 0 unspecified atom stereocenters. The van der Waals surface area contributed by atoms with Gasteiger partial charge in [0, 0.05) is 12.6 Å². The van der Waals surface area contributed by atoms with E-state index in [1.807, 2.05) is 19.9 Å². The van der Waals surface area contributed by atoms with Gasteiger partial charge in [0.15, 0.2) is 0 Å². The van der Waals surface area contributed by atoms with Crippen molar-refractivity contribution in [1.29, 1.82) is 0 Å². The molecular weight excluding hydrogens is 274 g/mol. The van der Waals surface area contributed by atoms with Gasteiger partial charge in [-0.1, -0.05) is 18.9 Å². The van der Waals surface area contributed by atoms with Crippen molar-refractivity contribution in [3.63, 3.8) is 0 Å². The Morgan fingerprint density at radius 1 is 1.20 bits per heavy atom. The van der Waals surface area contributed by atoms with E-state index in [-0.39, 0.29) is 18.6 Å². The van der Waals surface area contributed by atoms with Crippen molar-refractivity contribution in [2.75, 3.05) is 6.61 Å². The Balaban J connectivity index is 2.19. The zero-order chi connectivity index (χ0) is 14.8. The van der Waals surface area contributed by atoms with E-state index in [1.54, 1.807) is 12.1 Å². The molecule has 0 amide bonds. The van der Waals surface area contributed by atoms with Gasteiger partial charge in [0.25, 0.3) is 0 Å². The number of nitrogens with one attached hydrogen (secondary N) is 1. The molecular formula is C15H23NO3S. The third-order valence-electron chi connectivity index (χ3n) is 4.24. The van der Waals surface area contributed by atoms with Gasteiger partial charge in [-0.2, -0.15) is 0 Å². The lowest BCUT2D eigenvalue weighted by molar-refractivity contribution is 0.164. The van der Waals surface area contributed by atoms with Crippen molar-refractivity contribution in [2.24, 2.45) is 5.92 Å². The SMILES string of the molecule is Cc1ccc(S(=O)(=O)N[C@@H]2CCCC[C@H]2CO)cc1C. The Bertz CT molecular complexity index is 568. The van der Waals surface area contributed by atoms with Gasteiger partial charge in [0.1, 0.15) is 0 Å². The number of benzene rings is 1. The Labute approximate surface area is 121 Å². The van der Waals surface area contributed by atoms with Gasteiger partial charge in [-0.15, -0.1) is 0 Å². The van der Waals surface area contributed by atoms with Crippen LogP contribution in [0.5, 0.6) is 0 Å². The fraction of sp³-hybridized carbons (Fsp3) is 0.600. The molecule has 2 N–H and O–H groups in total. The fourth-order valence-electron chi connectivity index (χ4n) is 2.73. The molecule has 2 atom stereocenters. The van der Waals surface area contributed by atoms with Gasteiger partial charge in [-0.05, 0) is 55.9 Å². The normalized spacial score (nSPS) is 23.8. The van der Waals surface area contributed by atoms with Gasteiger partial charge in [-0.25, -0.2) is 13.1 Å². The van der Waals surface area contributed by atoms with Gasteiger partial charge < -0.3 is 5.11 Å². The van der Waals surface area contributed by atoms with E-state index in [0.29, 0.717) is 4.90 Å². The highest BCUT2D eigenvalue weighted by molar-refractivity contribution is 7.89. The first-order valence-electron chi connectivity index (χ1n) is 7.14. The molecule has 2 rings (SSSR count). The van der Waals surface area contributed by atoms with Crippen molar-refractivity contribution >= 4 is 10.0 Å². The number of aryl methyl sites for hydroxylation is 2. The molecule has 4 nitrogen and oxygen atoms in total. The Hall–Kier alpha value is -0.910.